The van der Waals surface area contributed by atoms with Gasteiger partial charge in [0.1, 0.15) is 0 Å². The first-order valence-corrected chi connectivity index (χ1v) is 7.00. The number of hydrogen-bond donors (Lipinski definition) is 1. The highest BCUT2D eigenvalue weighted by Crippen LogP contribution is 2.20. The van der Waals surface area contributed by atoms with E-state index in [4.69, 9.17) is 10.5 Å². The first-order chi connectivity index (χ1) is 9.09. The first-order valence-electron chi connectivity index (χ1n) is 7.00. The molecule has 20 heavy (non-hydrogen) atoms. The summed E-state index contributed by atoms with van der Waals surface area (Å²) in [5.74, 6) is 0.0273. The summed E-state index contributed by atoms with van der Waals surface area (Å²) < 4.78 is 5.25. The third-order valence-electron chi connectivity index (χ3n) is 3.79. The Morgan fingerprint density at radius 3 is 2.45 bits per heavy atom. The Labute approximate surface area is 126 Å². The third-order valence-corrected chi connectivity index (χ3v) is 3.79. The number of nitrogens with two attached hydrogens (primary N) is 1. The number of carbonyl (C=O) groups excluding carboxylic acids is 2. The maximum Gasteiger partial charge on any atom is 0.239 e. The second-order valence-corrected chi connectivity index (χ2v) is 5.35. The van der Waals surface area contributed by atoms with E-state index in [1.807, 2.05) is 4.90 Å². The third kappa shape index (κ3) is 4.07. The molecule has 2 N–H and O–H groups in total. The topological polar surface area (TPSA) is 75.9 Å². The summed E-state index contributed by atoms with van der Waals surface area (Å²) in [4.78, 5) is 27.9. The summed E-state index contributed by atoms with van der Waals surface area (Å²) in [5, 5.41) is 0. The van der Waals surface area contributed by atoms with Crippen LogP contribution in [0.25, 0.3) is 0 Å². The van der Waals surface area contributed by atoms with Gasteiger partial charge in [0.2, 0.25) is 11.8 Å². The normalized spacial score (nSPS) is 24.8. The molecule has 116 valence electrons. The Morgan fingerprint density at radius 1 is 1.20 bits per heavy atom. The molecular weight excluding hydrogens is 282 g/mol. The minimum atomic E-state index is -0.489. The van der Waals surface area contributed by atoms with Crippen molar-refractivity contribution in [1.29, 1.82) is 0 Å². The van der Waals surface area contributed by atoms with Crippen LogP contribution in [0.5, 0.6) is 0 Å². The van der Waals surface area contributed by atoms with Gasteiger partial charge in [-0.1, -0.05) is 0 Å². The second kappa shape index (κ2) is 7.81. The Hall–Kier alpha value is -0.850. The number of halogens is 1. The molecule has 2 aliphatic rings. The highest BCUT2D eigenvalue weighted by Gasteiger charge is 2.32. The standard InChI is InChI=1S/C13H23N3O3.ClH/c1-10(14)12(17)16-4-2-3-11(9-16)13(18)15-5-7-19-8-6-15;/h10-11H,2-9,14H2,1H3;1H/t10-,11?;/m0./s1. The highest BCUT2D eigenvalue weighted by atomic mass is 35.5. The van der Waals surface area contributed by atoms with E-state index in [1.165, 1.54) is 0 Å². The molecule has 2 heterocycles. The van der Waals surface area contributed by atoms with Crippen molar-refractivity contribution in [2.75, 3.05) is 39.4 Å². The van der Waals surface area contributed by atoms with Crippen LogP contribution in [0.1, 0.15) is 19.8 Å². The molecule has 2 rings (SSSR count). The van der Waals surface area contributed by atoms with Gasteiger partial charge in [0.15, 0.2) is 0 Å². The van der Waals surface area contributed by atoms with Gasteiger partial charge in [-0.2, -0.15) is 0 Å². The first kappa shape index (κ1) is 17.2. The van der Waals surface area contributed by atoms with Crippen molar-refractivity contribution < 1.29 is 14.3 Å². The molecule has 6 nitrogen and oxygen atoms in total. The fraction of sp³-hybridized carbons (Fsp3) is 0.846. The van der Waals surface area contributed by atoms with Gasteiger partial charge in [0, 0.05) is 26.2 Å². The minimum Gasteiger partial charge on any atom is -0.378 e. The van der Waals surface area contributed by atoms with Gasteiger partial charge in [0.05, 0.1) is 25.2 Å². The zero-order valence-corrected chi connectivity index (χ0v) is 12.7. The van der Waals surface area contributed by atoms with E-state index in [-0.39, 0.29) is 30.1 Å². The lowest BCUT2D eigenvalue weighted by molar-refractivity contribution is -0.144. The van der Waals surface area contributed by atoms with Crippen LogP contribution >= 0.6 is 12.4 Å². The van der Waals surface area contributed by atoms with Crippen LogP contribution in [0, 0.1) is 5.92 Å². The molecule has 2 atom stereocenters. The van der Waals surface area contributed by atoms with Gasteiger partial charge in [-0.25, -0.2) is 0 Å². The Kier molecular flexibility index (Phi) is 6.71. The van der Waals surface area contributed by atoms with Crippen LogP contribution in [0.3, 0.4) is 0 Å². The Bertz CT molecular complexity index is 346. The minimum absolute atomic E-state index is 0. The molecular formula is C13H24ClN3O3. The van der Waals surface area contributed by atoms with Crippen LogP contribution < -0.4 is 5.73 Å². The summed E-state index contributed by atoms with van der Waals surface area (Å²) in [5.41, 5.74) is 5.63. The summed E-state index contributed by atoms with van der Waals surface area (Å²) in [6.07, 6.45) is 1.73. The molecule has 2 amide bonds. The second-order valence-electron chi connectivity index (χ2n) is 5.35. The fourth-order valence-electron chi connectivity index (χ4n) is 2.71. The van der Waals surface area contributed by atoms with E-state index in [0.717, 1.165) is 12.8 Å². The quantitative estimate of drug-likeness (QED) is 0.770. The number of piperidine rings is 1. The summed E-state index contributed by atoms with van der Waals surface area (Å²) in [7, 11) is 0. The number of hydrogen-bond acceptors (Lipinski definition) is 4. The Balaban J connectivity index is 0.00000200. The fourth-order valence-corrected chi connectivity index (χ4v) is 2.71. The number of amides is 2. The Morgan fingerprint density at radius 2 is 1.85 bits per heavy atom. The van der Waals surface area contributed by atoms with Crippen molar-refractivity contribution in [3.8, 4) is 0 Å². The molecule has 1 unspecified atom stereocenters. The number of likely N-dealkylation sites (tertiary alicyclic amines) is 1. The average molecular weight is 306 g/mol. The molecule has 0 bridgehead atoms. The molecule has 0 aromatic heterocycles. The number of carbonyl (C=O) groups is 2. The summed E-state index contributed by atoms with van der Waals surface area (Å²) in [6.45, 7) is 5.47. The van der Waals surface area contributed by atoms with Crippen LogP contribution in [0.2, 0.25) is 0 Å². The van der Waals surface area contributed by atoms with Crippen molar-refractivity contribution in [3.05, 3.63) is 0 Å². The maximum absolute atomic E-state index is 12.4. The lowest BCUT2D eigenvalue weighted by Crippen LogP contribution is -2.51. The lowest BCUT2D eigenvalue weighted by Gasteiger charge is -2.36. The highest BCUT2D eigenvalue weighted by molar-refractivity contribution is 5.85. The molecule has 0 spiro atoms. The molecule has 2 saturated heterocycles. The van der Waals surface area contributed by atoms with E-state index in [1.54, 1.807) is 11.8 Å². The van der Waals surface area contributed by atoms with E-state index in [0.29, 0.717) is 39.4 Å². The SMILES string of the molecule is C[C@H](N)C(=O)N1CCCC(C(=O)N2CCOCC2)C1.Cl. The molecule has 0 radical (unpaired) electrons. The van der Waals surface area contributed by atoms with E-state index < -0.39 is 6.04 Å². The van der Waals surface area contributed by atoms with Gasteiger partial charge in [-0.15, -0.1) is 12.4 Å². The predicted octanol–water partition coefficient (Wildman–Crippen LogP) is -0.147. The molecule has 7 heteroatoms. The zero-order chi connectivity index (χ0) is 13.8. The molecule has 0 aliphatic carbocycles. The van der Waals surface area contributed by atoms with Gasteiger partial charge < -0.3 is 20.3 Å². The largest absolute Gasteiger partial charge is 0.378 e. The van der Waals surface area contributed by atoms with Gasteiger partial charge in [0.25, 0.3) is 0 Å². The van der Waals surface area contributed by atoms with Gasteiger partial charge in [-0.3, -0.25) is 9.59 Å². The van der Waals surface area contributed by atoms with Crippen molar-refractivity contribution >= 4 is 24.2 Å². The summed E-state index contributed by atoms with van der Waals surface area (Å²) >= 11 is 0. The van der Waals surface area contributed by atoms with Gasteiger partial charge >= 0.3 is 0 Å². The molecule has 0 saturated carbocycles. The van der Waals surface area contributed by atoms with E-state index >= 15 is 0 Å². The van der Waals surface area contributed by atoms with E-state index in [9.17, 15) is 9.59 Å². The monoisotopic (exact) mass is 305 g/mol. The van der Waals surface area contributed by atoms with Crippen LogP contribution in [0.4, 0.5) is 0 Å². The van der Waals surface area contributed by atoms with Crippen molar-refractivity contribution in [3.63, 3.8) is 0 Å². The summed E-state index contributed by atoms with van der Waals surface area (Å²) in [6, 6.07) is -0.489. The molecule has 0 aromatic carbocycles. The lowest BCUT2D eigenvalue weighted by atomic mass is 9.96. The van der Waals surface area contributed by atoms with Crippen LogP contribution in [-0.4, -0.2) is 67.0 Å². The molecule has 2 fully saturated rings. The van der Waals surface area contributed by atoms with Crippen molar-refractivity contribution in [1.82, 2.24) is 9.80 Å². The number of nitrogens with zero attached hydrogens (tertiary/aromatic N) is 2. The maximum atomic E-state index is 12.4. The van der Waals surface area contributed by atoms with Crippen LogP contribution in [-0.2, 0) is 14.3 Å². The molecule has 0 aromatic rings. The average Bonchev–Trinajstić information content (AvgIpc) is 2.46. The van der Waals surface area contributed by atoms with E-state index in [2.05, 4.69) is 0 Å². The zero-order valence-electron chi connectivity index (χ0n) is 11.9. The van der Waals surface area contributed by atoms with Crippen molar-refractivity contribution in [2.24, 2.45) is 11.7 Å². The molecule has 2 aliphatic heterocycles. The smallest absolute Gasteiger partial charge is 0.239 e. The predicted molar refractivity (Wildman–Crippen MR) is 77.6 cm³/mol. The number of ether oxygens (including phenoxy) is 1. The van der Waals surface area contributed by atoms with Gasteiger partial charge in [-0.05, 0) is 19.8 Å². The number of rotatable bonds is 2. The van der Waals surface area contributed by atoms with Crippen molar-refractivity contribution in [2.45, 2.75) is 25.8 Å². The number of morpholine rings is 1. The van der Waals surface area contributed by atoms with Crippen LogP contribution in [0.15, 0.2) is 0 Å².